The highest BCUT2D eigenvalue weighted by Crippen LogP contribution is 2.22. The Morgan fingerprint density at radius 2 is 1.91 bits per heavy atom. The van der Waals surface area contributed by atoms with Gasteiger partial charge in [-0.25, -0.2) is 0 Å². The van der Waals surface area contributed by atoms with Crippen molar-refractivity contribution in [3.63, 3.8) is 0 Å². The Morgan fingerprint density at radius 1 is 1.23 bits per heavy atom. The molecule has 1 aromatic heterocycles. The maximum Gasteiger partial charge on any atom is 0.221 e. The Morgan fingerprint density at radius 3 is 2.45 bits per heavy atom. The highest BCUT2D eigenvalue weighted by molar-refractivity contribution is 5.88. The second kappa shape index (κ2) is 6.77. The van der Waals surface area contributed by atoms with E-state index in [-0.39, 0.29) is 5.91 Å². The highest BCUT2D eigenvalue weighted by Gasteiger charge is 2.26. The summed E-state index contributed by atoms with van der Waals surface area (Å²) < 4.78 is 5.47. The molecule has 0 spiro atoms. The number of carbonyl (C=O) groups is 1. The summed E-state index contributed by atoms with van der Waals surface area (Å²) in [5.74, 6) is 1.25. The zero-order chi connectivity index (χ0) is 16.2. The summed E-state index contributed by atoms with van der Waals surface area (Å²) in [6.07, 6.45) is 0. The van der Waals surface area contributed by atoms with Gasteiger partial charge in [-0.3, -0.25) is 4.79 Å². The van der Waals surface area contributed by atoms with E-state index < -0.39 is 5.60 Å². The average Bonchev–Trinajstić information content (AvgIpc) is 2.87. The van der Waals surface area contributed by atoms with Crippen molar-refractivity contribution >= 4 is 11.6 Å². The second-order valence-corrected chi connectivity index (χ2v) is 5.67. The molecule has 5 nitrogen and oxygen atoms in total. The summed E-state index contributed by atoms with van der Waals surface area (Å²) in [5.41, 5.74) is 0.791. The van der Waals surface area contributed by atoms with Crippen LogP contribution in [0.5, 0.6) is 0 Å². The number of rotatable bonds is 6. The summed E-state index contributed by atoms with van der Waals surface area (Å²) in [6, 6.07) is 11.2. The molecule has 1 aromatic carbocycles. The first-order valence-electron chi connectivity index (χ1n) is 7.23. The molecule has 0 radical (unpaired) electrons. The average molecular weight is 302 g/mol. The molecule has 118 valence electrons. The van der Waals surface area contributed by atoms with E-state index in [0.29, 0.717) is 18.8 Å². The SMILES string of the molecule is CC(=O)Nc1ccc(CNCC(C)(O)c2ccc(C)o2)cc1. The van der Waals surface area contributed by atoms with Crippen LogP contribution in [-0.2, 0) is 16.9 Å². The molecule has 5 heteroatoms. The van der Waals surface area contributed by atoms with Crippen LogP contribution >= 0.6 is 0 Å². The topological polar surface area (TPSA) is 74.5 Å². The maximum absolute atomic E-state index is 11.0. The van der Waals surface area contributed by atoms with E-state index in [4.69, 9.17) is 4.42 Å². The summed E-state index contributed by atoms with van der Waals surface area (Å²) in [7, 11) is 0. The Hall–Kier alpha value is -2.11. The first kappa shape index (κ1) is 16.3. The highest BCUT2D eigenvalue weighted by atomic mass is 16.4. The minimum absolute atomic E-state index is 0.0873. The molecule has 1 unspecified atom stereocenters. The van der Waals surface area contributed by atoms with Gasteiger partial charge in [-0.15, -0.1) is 0 Å². The molecule has 0 aliphatic heterocycles. The number of aliphatic hydroxyl groups is 1. The third kappa shape index (κ3) is 4.44. The third-order valence-corrected chi connectivity index (χ3v) is 3.34. The largest absolute Gasteiger partial charge is 0.463 e. The van der Waals surface area contributed by atoms with Crippen LogP contribution in [0.1, 0.15) is 30.9 Å². The Balaban J connectivity index is 1.86. The quantitative estimate of drug-likeness (QED) is 0.766. The van der Waals surface area contributed by atoms with Crippen LogP contribution in [0.2, 0.25) is 0 Å². The number of carbonyl (C=O) groups excluding carboxylic acids is 1. The molecule has 0 aliphatic rings. The van der Waals surface area contributed by atoms with Crippen LogP contribution < -0.4 is 10.6 Å². The van der Waals surface area contributed by atoms with E-state index in [9.17, 15) is 9.90 Å². The molecular weight excluding hydrogens is 280 g/mol. The summed E-state index contributed by atoms with van der Waals surface area (Å²) in [6.45, 7) is 6.05. The normalized spacial score (nSPS) is 13.6. The van der Waals surface area contributed by atoms with E-state index in [1.807, 2.05) is 37.3 Å². The maximum atomic E-state index is 11.0. The standard InChI is InChI=1S/C17H22N2O3/c1-12-4-9-16(22-12)17(3,21)11-18-10-14-5-7-15(8-6-14)19-13(2)20/h4-9,18,21H,10-11H2,1-3H3,(H,19,20). The molecule has 0 bridgehead atoms. The van der Waals surface area contributed by atoms with Gasteiger partial charge in [0.2, 0.25) is 5.91 Å². The molecule has 0 aliphatic carbocycles. The van der Waals surface area contributed by atoms with Crippen LogP contribution in [0.15, 0.2) is 40.8 Å². The van der Waals surface area contributed by atoms with E-state index in [0.717, 1.165) is 17.0 Å². The van der Waals surface area contributed by atoms with Crippen molar-refractivity contribution in [3.8, 4) is 0 Å². The summed E-state index contributed by atoms with van der Waals surface area (Å²) in [5, 5.41) is 16.4. The third-order valence-electron chi connectivity index (χ3n) is 3.34. The number of hydrogen-bond donors (Lipinski definition) is 3. The number of benzene rings is 1. The Labute approximate surface area is 130 Å². The van der Waals surface area contributed by atoms with Crippen molar-refractivity contribution in [1.82, 2.24) is 5.32 Å². The Bertz CT molecular complexity index is 630. The van der Waals surface area contributed by atoms with Crippen molar-refractivity contribution in [2.45, 2.75) is 32.9 Å². The molecule has 1 atom stereocenters. The lowest BCUT2D eigenvalue weighted by Crippen LogP contribution is -2.34. The van der Waals surface area contributed by atoms with Crippen molar-refractivity contribution in [2.24, 2.45) is 0 Å². The van der Waals surface area contributed by atoms with Crippen LogP contribution in [-0.4, -0.2) is 17.6 Å². The van der Waals surface area contributed by atoms with Gasteiger partial charge >= 0.3 is 0 Å². The van der Waals surface area contributed by atoms with Gasteiger partial charge in [0, 0.05) is 25.7 Å². The van der Waals surface area contributed by atoms with Gasteiger partial charge in [-0.1, -0.05) is 12.1 Å². The molecule has 0 saturated carbocycles. The van der Waals surface area contributed by atoms with Crippen molar-refractivity contribution in [3.05, 3.63) is 53.5 Å². The van der Waals surface area contributed by atoms with Gasteiger partial charge in [0.25, 0.3) is 0 Å². The number of furan rings is 1. The molecule has 0 fully saturated rings. The number of amides is 1. The van der Waals surface area contributed by atoms with Gasteiger partial charge in [-0.05, 0) is 43.7 Å². The van der Waals surface area contributed by atoms with Crippen molar-refractivity contribution in [1.29, 1.82) is 0 Å². The van der Waals surface area contributed by atoms with Crippen LogP contribution in [0.25, 0.3) is 0 Å². The predicted molar refractivity (Wildman–Crippen MR) is 85.5 cm³/mol. The van der Waals surface area contributed by atoms with Crippen molar-refractivity contribution < 1.29 is 14.3 Å². The summed E-state index contributed by atoms with van der Waals surface area (Å²) in [4.78, 5) is 11.0. The van der Waals surface area contributed by atoms with E-state index in [1.54, 1.807) is 13.0 Å². The molecule has 2 aromatic rings. The fourth-order valence-electron chi connectivity index (χ4n) is 2.17. The van der Waals surface area contributed by atoms with Gasteiger partial charge in [0.05, 0.1) is 0 Å². The first-order valence-corrected chi connectivity index (χ1v) is 7.23. The molecule has 2 rings (SSSR count). The molecule has 3 N–H and O–H groups in total. The fraction of sp³-hybridized carbons (Fsp3) is 0.353. The Kier molecular flexibility index (Phi) is 5.00. The van der Waals surface area contributed by atoms with Crippen LogP contribution in [0, 0.1) is 6.92 Å². The van der Waals surface area contributed by atoms with E-state index in [1.165, 1.54) is 6.92 Å². The molecule has 22 heavy (non-hydrogen) atoms. The lowest BCUT2D eigenvalue weighted by Gasteiger charge is -2.21. The van der Waals surface area contributed by atoms with Gasteiger partial charge < -0.3 is 20.2 Å². The van der Waals surface area contributed by atoms with Gasteiger partial charge in [-0.2, -0.15) is 0 Å². The van der Waals surface area contributed by atoms with Crippen LogP contribution in [0.4, 0.5) is 5.69 Å². The number of aryl methyl sites for hydroxylation is 1. The smallest absolute Gasteiger partial charge is 0.221 e. The number of hydrogen-bond acceptors (Lipinski definition) is 4. The molecule has 1 heterocycles. The van der Waals surface area contributed by atoms with E-state index >= 15 is 0 Å². The molecule has 0 saturated heterocycles. The number of anilines is 1. The molecule has 1 amide bonds. The zero-order valence-corrected chi connectivity index (χ0v) is 13.1. The zero-order valence-electron chi connectivity index (χ0n) is 13.1. The second-order valence-electron chi connectivity index (χ2n) is 5.67. The minimum Gasteiger partial charge on any atom is -0.463 e. The minimum atomic E-state index is -1.05. The summed E-state index contributed by atoms with van der Waals surface area (Å²) >= 11 is 0. The monoisotopic (exact) mass is 302 g/mol. The molecular formula is C17H22N2O3. The van der Waals surface area contributed by atoms with E-state index in [2.05, 4.69) is 10.6 Å². The van der Waals surface area contributed by atoms with Crippen LogP contribution in [0.3, 0.4) is 0 Å². The van der Waals surface area contributed by atoms with Gasteiger partial charge in [0.15, 0.2) is 0 Å². The predicted octanol–water partition coefficient (Wildman–Crippen LogP) is 2.54. The number of nitrogens with one attached hydrogen (secondary N) is 2. The van der Waals surface area contributed by atoms with Crippen molar-refractivity contribution in [2.75, 3.05) is 11.9 Å². The van der Waals surface area contributed by atoms with Gasteiger partial charge in [0.1, 0.15) is 17.1 Å². The first-order chi connectivity index (χ1) is 10.4. The lowest BCUT2D eigenvalue weighted by molar-refractivity contribution is -0.114. The lowest BCUT2D eigenvalue weighted by atomic mass is 10.0. The fourth-order valence-corrected chi connectivity index (χ4v) is 2.17.